The van der Waals surface area contributed by atoms with Crippen molar-refractivity contribution in [3.63, 3.8) is 0 Å². The fourth-order valence-corrected chi connectivity index (χ4v) is 4.34. The van der Waals surface area contributed by atoms with Crippen molar-refractivity contribution in [2.75, 3.05) is 11.9 Å². The molecule has 1 aliphatic carbocycles. The number of carbonyl (C=O) groups is 2. The van der Waals surface area contributed by atoms with Crippen LogP contribution in [-0.2, 0) is 9.59 Å². The van der Waals surface area contributed by atoms with Gasteiger partial charge in [-0.3, -0.25) is 14.5 Å². The predicted molar refractivity (Wildman–Crippen MR) is 112 cm³/mol. The van der Waals surface area contributed by atoms with Crippen LogP contribution >= 0.6 is 0 Å². The number of nitrogens with zero attached hydrogens (tertiary/aromatic N) is 2. The molecule has 0 radical (unpaired) electrons. The van der Waals surface area contributed by atoms with E-state index in [0.717, 1.165) is 36.9 Å². The Bertz CT molecular complexity index is 881. The van der Waals surface area contributed by atoms with Gasteiger partial charge in [0.25, 0.3) is 11.8 Å². The zero-order valence-electron chi connectivity index (χ0n) is 16.3. The predicted octanol–water partition coefficient (Wildman–Crippen LogP) is 4.63. The van der Waals surface area contributed by atoms with Gasteiger partial charge in [0.1, 0.15) is 5.70 Å². The van der Waals surface area contributed by atoms with E-state index in [-0.39, 0.29) is 17.9 Å². The summed E-state index contributed by atoms with van der Waals surface area (Å²) >= 11 is 0. The molecule has 0 unspecified atom stereocenters. The third-order valence-electron chi connectivity index (χ3n) is 5.82. The summed E-state index contributed by atoms with van der Waals surface area (Å²) in [5.41, 5.74) is 2.69. The Labute approximate surface area is 166 Å². The molecule has 4 rings (SSSR count). The molecule has 0 atom stereocenters. The Morgan fingerprint density at radius 2 is 1.36 bits per heavy atom. The summed E-state index contributed by atoms with van der Waals surface area (Å²) in [7, 11) is 1.87. The molecule has 2 aliphatic rings. The second-order valence-electron chi connectivity index (χ2n) is 7.61. The highest BCUT2D eigenvalue weighted by atomic mass is 16.2. The zero-order valence-corrected chi connectivity index (χ0v) is 16.3. The maximum absolute atomic E-state index is 13.5. The topological polar surface area (TPSA) is 40.6 Å². The Hall–Kier alpha value is -2.88. The normalized spacial score (nSPS) is 18.5. The van der Waals surface area contributed by atoms with Crippen molar-refractivity contribution in [3.05, 3.63) is 71.9 Å². The van der Waals surface area contributed by atoms with E-state index in [4.69, 9.17) is 0 Å². The minimum Gasteiger partial charge on any atom is -0.339 e. The van der Waals surface area contributed by atoms with Crippen molar-refractivity contribution < 1.29 is 9.59 Å². The number of amides is 2. The maximum atomic E-state index is 13.5. The number of imide groups is 1. The molecular formula is C24H26N2O2. The lowest BCUT2D eigenvalue weighted by atomic mass is 10.0. The highest BCUT2D eigenvalue weighted by Crippen LogP contribution is 2.36. The minimum absolute atomic E-state index is 0.00267. The molecule has 4 heteroatoms. The van der Waals surface area contributed by atoms with Crippen LogP contribution in [-0.4, -0.2) is 29.8 Å². The van der Waals surface area contributed by atoms with Crippen LogP contribution < -0.4 is 4.90 Å². The maximum Gasteiger partial charge on any atom is 0.278 e. The number of rotatable bonds is 4. The largest absolute Gasteiger partial charge is 0.339 e. The van der Waals surface area contributed by atoms with Gasteiger partial charge in [-0.15, -0.1) is 0 Å². The summed E-state index contributed by atoms with van der Waals surface area (Å²) in [6, 6.07) is 19.3. The second-order valence-corrected chi connectivity index (χ2v) is 7.61. The lowest BCUT2D eigenvalue weighted by Crippen LogP contribution is -2.42. The molecule has 2 aromatic rings. The standard InChI is InChI=1S/C24H26N2O2/c1-25(19-14-10-5-11-15-19)22-21(18-12-6-4-7-13-18)23(27)26(24(22)28)20-16-8-2-3-9-17-20/h4-7,10-15,20H,2-3,8-9,16-17H2,1H3. The van der Waals surface area contributed by atoms with Crippen LogP contribution in [0.4, 0.5) is 5.69 Å². The number of para-hydroxylation sites is 1. The second kappa shape index (κ2) is 8.01. The van der Waals surface area contributed by atoms with Crippen LogP contribution in [0.5, 0.6) is 0 Å². The van der Waals surface area contributed by atoms with Gasteiger partial charge in [0, 0.05) is 18.8 Å². The van der Waals surface area contributed by atoms with Gasteiger partial charge in [0.2, 0.25) is 0 Å². The van der Waals surface area contributed by atoms with Gasteiger partial charge in [0.15, 0.2) is 0 Å². The first-order chi connectivity index (χ1) is 13.7. The lowest BCUT2D eigenvalue weighted by Gasteiger charge is -2.27. The monoisotopic (exact) mass is 374 g/mol. The first-order valence-corrected chi connectivity index (χ1v) is 10.1. The molecule has 2 aromatic carbocycles. The fourth-order valence-electron chi connectivity index (χ4n) is 4.34. The van der Waals surface area contributed by atoms with Crippen LogP contribution in [0.15, 0.2) is 66.4 Å². The van der Waals surface area contributed by atoms with E-state index < -0.39 is 0 Å². The van der Waals surface area contributed by atoms with E-state index in [9.17, 15) is 9.59 Å². The quantitative estimate of drug-likeness (QED) is 0.579. The number of hydrogen-bond donors (Lipinski definition) is 0. The van der Waals surface area contributed by atoms with E-state index >= 15 is 0 Å². The van der Waals surface area contributed by atoms with Gasteiger partial charge in [-0.1, -0.05) is 74.2 Å². The molecule has 0 N–H and O–H groups in total. The van der Waals surface area contributed by atoms with Crippen molar-refractivity contribution in [2.45, 2.75) is 44.6 Å². The Kier molecular flexibility index (Phi) is 5.29. The molecule has 0 saturated heterocycles. The summed E-state index contributed by atoms with van der Waals surface area (Å²) in [5, 5.41) is 0. The minimum atomic E-state index is -0.165. The first kappa shape index (κ1) is 18.5. The molecule has 0 aromatic heterocycles. The van der Waals surface area contributed by atoms with Crippen LogP contribution in [0.25, 0.3) is 5.57 Å². The number of likely N-dealkylation sites (N-methyl/N-ethyl adjacent to an activating group) is 1. The molecule has 28 heavy (non-hydrogen) atoms. The van der Waals surface area contributed by atoms with Crippen LogP contribution in [0.2, 0.25) is 0 Å². The van der Waals surface area contributed by atoms with Crippen molar-refractivity contribution in [2.24, 2.45) is 0 Å². The molecule has 2 amide bonds. The molecule has 1 aliphatic heterocycles. The summed E-state index contributed by atoms with van der Waals surface area (Å²) < 4.78 is 0. The molecule has 0 spiro atoms. The van der Waals surface area contributed by atoms with Crippen molar-refractivity contribution >= 4 is 23.1 Å². The smallest absolute Gasteiger partial charge is 0.278 e. The average Bonchev–Trinajstić information content (AvgIpc) is 2.89. The van der Waals surface area contributed by atoms with Crippen LogP contribution in [0.3, 0.4) is 0 Å². The van der Waals surface area contributed by atoms with Gasteiger partial charge in [-0.05, 0) is 30.5 Å². The van der Waals surface area contributed by atoms with E-state index in [1.165, 1.54) is 12.8 Å². The molecule has 1 heterocycles. The number of carbonyl (C=O) groups excluding carboxylic acids is 2. The Morgan fingerprint density at radius 1 is 0.786 bits per heavy atom. The van der Waals surface area contributed by atoms with E-state index in [1.807, 2.05) is 72.6 Å². The third-order valence-corrected chi connectivity index (χ3v) is 5.82. The van der Waals surface area contributed by atoms with Gasteiger partial charge in [-0.2, -0.15) is 0 Å². The summed E-state index contributed by atoms with van der Waals surface area (Å²) in [6.07, 6.45) is 6.33. The van der Waals surface area contributed by atoms with Crippen molar-refractivity contribution in [1.29, 1.82) is 0 Å². The fraction of sp³-hybridized carbons (Fsp3) is 0.333. The van der Waals surface area contributed by atoms with Crippen LogP contribution in [0, 0.1) is 0 Å². The SMILES string of the molecule is CN(C1=C(c2ccccc2)C(=O)N(C2CCCCCC2)C1=O)c1ccccc1. The molecule has 4 nitrogen and oxygen atoms in total. The first-order valence-electron chi connectivity index (χ1n) is 10.1. The zero-order chi connectivity index (χ0) is 19.5. The van der Waals surface area contributed by atoms with Gasteiger partial charge in [-0.25, -0.2) is 0 Å². The van der Waals surface area contributed by atoms with Gasteiger partial charge in [0.05, 0.1) is 5.57 Å². The molecule has 1 saturated carbocycles. The average molecular weight is 374 g/mol. The summed E-state index contributed by atoms with van der Waals surface area (Å²) in [4.78, 5) is 30.4. The Morgan fingerprint density at radius 3 is 1.96 bits per heavy atom. The molecular weight excluding hydrogens is 348 g/mol. The molecule has 0 bridgehead atoms. The third kappa shape index (κ3) is 3.35. The summed E-state index contributed by atoms with van der Waals surface area (Å²) in [5.74, 6) is -0.317. The van der Waals surface area contributed by atoms with Crippen LogP contribution in [0.1, 0.15) is 44.1 Å². The lowest BCUT2D eigenvalue weighted by molar-refractivity contribution is -0.139. The summed E-state index contributed by atoms with van der Waals surface area (Å²) in [6.45, 7) is 0. The number of hydrogen-bond acceptors (Lipinski definition) is 3. The Balaban J connectivity index is 1.78. The van der Waals surface area contributed by atoms with E-state index in [2.05, 4.69) is 0 Å². The van der Waals surface area contributed by atoms with Crippen molar-refractivity contribution in [1.82, 2.24) is 4.90 Å². The van der Waals surface area contributed by atoms with E-state index in [1.54, 1.807) is 4.90 Å². The number of benzene rings is 2. The molecule has 144 valence electrons. The van der Waals surface area contributed by atoms with Gasteiger partial charge < -0.3 is 4.90 Å². The van der Waals surface area contributed by atoms with Crippen molar-refractivity contribution in [3.8, 4) is 0 Å². The molecule has 1 fully saturated rings. The van der Waals surface area contributed by atoms with E-state index in [0.29, 0.717) is 11.3 Å². The number of anilines is 1. The van der Waals surface area contributed by atoms with Gasteiger partial charge >= 0.3 is 0 Å². The highest BCUT2D eigenvalue weighted by Gasteiger charge is 2.44. The highest BCUT2D eigenvalue weighted by molar-refractivity contribution is 6.36.